The molecule has 0 aliphatic heterocycles. The number of aromatic nitrogens is 3. The number of carbonyl (C=O) groups excluding carboxylic acids is 1. The molecule has 2 aromatic heterocycles. The molecule has 146 valence electrons. The Morgan fingerprint density at radius 3 is 2.61 bits per heavy atom. The number of imidazole rings is 1. The Hall–Kier alpha value is -3.36. The maximum absolute atomic E-state index is 12.8. The minimum absolute atomic E-state index is 0.199. The lowest BCUT2D eigenvalue weighted by Gasteiger charge is -2.11. The summed E-state index contributed by atoms with van der Waals surface area (Å²) in [4.78, 5) is 27.9. The summed E-state index contributed by atoms with van der Waals surface area (Å²) in [6.45, 7) is 0.337. The van der Waals surface area contributed by atoms with Crippen LogP contribution in [0.25, 0.3) is 0 Å². The largest absolute Gasteiger partial charge is 0.421 e. The summed E-state index contributed by atoms with van der Waals surface area (Å²) in [5.74, 6) is -0.554. The maximum atomic E-state index is 12.8. The average Bonchev–Trinajstić information content (AvgIpc) is 3.14. The van der Waals surface area contributed by atoms with Crippen LogP contribution in [0.1, 0.15) is 16.7 Å². The third-order valence-corrected chi connectivity index (χ3v) is 4.04. The summed E-state index contributed by atoms with van der Waals surface area (Å²) in [5.41, 5.74) is -0.691. The van der Waals surface area contributed by atoms with Crippen molar-refractivity contribution in [3.05, 3.63) is 88.4 Å². The molecule has 0 unspecified atom stereocenters. The van der Waals surface area contributed by atoms with Crippen molar-refractivity contribution in [2.45, 2.75) is 25.8 Å². The smallest absolute Gasteiger partial charge is 0.350 e. The number of amides is 1. The van der Waals surface area contributed by atoms with Crippen molar-refractivity contribution in [2.75, 3.05) is 0 Å². The van der Waals surface area contributed by atoms with E-state index in [-0.39, 0.29) is 6.54 Å². The number of benzene rings is 1. The lowest BCUT2D eigenvalue weighted by molar-refractivity contribution is -0.139. The van der Waals surface area contributed by atoms with Gasteiger partial charge in [0.15, 0.2) is 0 Å². The van der Waals surface area contributed by atoms with E-state index in [1.807, 2.05) is 35.0 Å². The second-order valence-electron chi connectivity index (χ2n) is 6.18. The second-order valence-corrected chi connectivity index (χ2v) is 6.18. The monoisotopic (exact) mass is 390 g/mol. The lowest BCUT2D eigenvalue weighted by Crippen LogP contribution is -2.34. The molecule has 1 amide bonds. The average molecular weight is 390 g/mol. The zero-order chi connectivity index (χ0) is 20.1. The van der Waals surface area contributed by atoms with Gasteiger partial charge in [0.1, 0.15) is 12.1 Å². The van der Waals surface area contributed by atoms with Crippen LogP contribution >= 0.6 is 0 Å². The lowest BCUT2D eigenvalue weighted by atomic mass is 10.1. The van der Waals surface area contributed by atoms with Crippen LogP contribution in [0.5, 0.6) is 0 Å². The highest BCUT2D eigenvalue weighted by Crippen LogP contribution is 2.25. The van der Waals surface area contributed by atoms with Gasteiger partial charge in [-0.1, -0.05) is 24.3 Å². The number of pyridine rings is 1. The molecule has 1 N–H and O–H groups in total. The van der Waals surface area contributed by atoms with Crippen molar-refractivity contribution in [2.24, 2.45) is 0 Å². The highest BCUT2D eigenvalue weighted by atomic mass is 19.4. The molecule has 0 spiro atoms. The SMILES string of the molecule is O=C(Cn1cccc(C(F)(F)F)c1=O)NCc1cccc(Cn2ccnc2)c1. The number of nitrogens with zero attached hydrogens (tertiary/aromatic N) is 3. The van der Waals surface area contributed by atoms with E-state index in [9.17, 15) is 22.8 Å². The van der Waals surface area contributed by atoms with E-state index in [0.717, 1.165) is 28.0 Å². The van der Waals surface area contributed by atoms with Crippen LogP contribution in [-0.4, -0.2) is 20.0 Å². The van der Waals surface area contributed by atoms with E-state index < -0.39 is 29.8 Å². The molecule has 0 bridgehead atoms. The van der Waals surface area contributed by atoms with Gasteiger partial charge >= 0.3 is 6.18 Å². The van der Waals surface area contributed by atoms with E-state index in [0.29, 0.717) is 12.6 Å². The normalized spacial score (nSPS) is 11.4. The Balaban J connectivity index is 1.62. The van der Waals surface area contributed by atoms with Gasteiger partial charge in [0.2, 0.25) is 5.91 Å². The van der Waals surface area contributed by atoms with Gasteiger partial charge < -0.3 is 14.5 Å². The van der Waals surface area contributed by atoms with E-state index in [1.54, 1.807) is 12.5 Å². The Morgan fingerprint density at radius 1 is 1.11 bits per heavy atom. The molecule has 28 heavy (non-hydrogen) atoms. The van der Waals surface area contributed by atoms with Gasteiger partial charge in [-0.05, 0) is 23.3 Å². The summed E-state index contributed by atoms with van der Waals surface area (Å²) < 4.78 is 41.0. The maximum Gasteiger partial charge on any atom is 0.421 e. The van der Waals surface area contributed by atoms with Crippen molar-refractivity contribution >= 4 is 5.91 Å². The molecule has 0 saturated carbocycles. The van der Waals surface area contributed by atoms with Gasteiger partial charge in [-0.2, -0.15) is 13.2 Å². The number of nitrogens with one attached hydrogen (secondary N) is 1. The summed E-state index contributed by atoms with van der Waals surface area (Å²) in [7, 11) is 0. The molecule has 9 heteroatoms. The molecule has 0 fully saturated rings. The fraction of sp³-hybridized carbons (Fsp3) is 0.211. The van der Waals surface area contributed by atoms with Crippen molar-refractivity contribution in [3.63, 3.8) is 0 Å². The molecule has 2 heterocycles. The quantitative estimate of drug-likeness (QED) is 0.703. The van der Waals surface area contributed by atoms with Crippen molar-refractivity contribution in [3.8, 4) is 0 Å². The Bertz CT molecular complexity index is 1010. The fourth-order valence-corrected chi connectivity index (χ4v) is 2.72. The summed E-state index contributed by atoms with van der Waals surface area (Å²) in [6, 6.07) is 9.32. The third kappa shape index (κ3) is 4.87. The summed E-state index contributed by atoms with van der Waals surface area (Å²) in [5, 5.41) is 2.62. The summed E-state index contributed by atoms with van der Waals surface area (Å²) in [6.07, 6.45) is 1.61. The van der Waals surface area contributed by atoms with Crippen LogP contribution in [0.2, 0.25) is 0 Å². The first-order chi connectivity index (χ1) is 13.3. The number of rotatable bonds is 6. The van der Waals surface area contributed by atoms with E-state index in [2.05, 4.69) is 10.3 Å². The zero-order valence-electron chi connectivity index (χ0n) is 14.7. The molecule has 0 saturated heterocycles. The first-order valence-corrected chi connectivity index (χ1v) is 8.40. The van der Waals surface area contributed by atoms with Gasteiger partial charge in [-0.15, -0.1) is 0 Å². The number of hydrogen-bond acceptors (Lipinski definition) is 3. The number of alkyl halides is 3. The molecule has 3 aromatic rings. The predicted octanol–water partition coefficient (Wildman–Crippen LogP) is 2.43. The Labute approximate surface area is 158 Å². The van der Waals surface area contributed by atoms with Gasteiger partial charge in [0.25, 0.3) is 5.56 Å². The van der Waals surface area contributed by atoms with Crippen LogP contribution in [0.15, 0.2) is 66.1 Å². The Morgan fingerprint density at radius 2 is 1.89 bits per heavy atom. The molecular formula is C19H17F3N4O2. The first kappa shape index (κ1) is 19.4. The topological polar surface area (TPSA) is 68.9 Å². The molecule has 6 nitrogen and oxygen atoms in total. The van der Waals surface area contributed by atoms with E-state index in [1.165, 1.54) is 0 Å². The molecule has 0 aliphatic carbocycles. The fourth-order valence-electron chi connectivity index (χ4n) is 2.72. The first-order valence-electron chi connectivity index (χ1n) is 8.40. The Kier molecular flexibility index (Phi) is 5.62. The van der Waals surface area contributed by atoms with Gasteiger partial charge in [0.05, 0.1) is 6.33 Å². The van der Waals surface area contributed by atoms with E-state index in [4.69, 9.17) is 0 Å². The van der Waals surface area contributed by atoms with Crippen LogP contribution < -0.4 is 10.9 Å². The van der Waals surface area contributed by atoms with Crippen molar-refractivity contribution in [1.82, 2.24) is 19.4 Å². The molecule has 0 aliphatic rings. The molecule has 0 radical (unpaired) electrons. The molecule has 0 atom stereocenters. The van der Waals surface area contributed by atoms with Crippen LogP contribution in [-0.2, 0) is 30.6 Å². The van der Waals surface area contributed by atoms with Gasteiger partial charge in [-0.3, -0.25) is 9.59 Å². The van der Waals surface area contributed by atoms with Gasteiger partial charge in [-0.25, -0.2) is 4.98 Å². The third-order valence-electron chi connectivity index (χ3n) is 4.04. The highest BCUT2D eigenvalue weighted by Gasteiger charge is 2.34. The predicted molar refractivity (Wildman–Crippen MR) is 95.3 cm³/mol. The minimum atomic E-state index is -4.76. The molecule has 3 rings (SSSR count). The van der Waals surface area contributed by atoms with E-state index >= 15 is 0 Å². The standard InChI is InChI=1S/C19H17F3N4O2/c20-19(21,22)16-5-2-7-26(18(16)28)12-17(27)24-10-14-3-1-4-15(9-14)11-25-8-6-23-13-25/h1-9,13H,10-12H2,(H,24,27). The van der Waals surface area contributed by atoms with Gasteiger partial charge in [0, 0.05) is 31.7 Å². The minimum Gasteiger partial charge on any atom is -0.350 e. The van der Waals surface area contributed by atoms with Crippen LogP contribution in [0.4, 0.5) is 13.2 Å². The zero-order valence-corrected chi connectivity index (χ0v) is 14.7. The van der Waals surface area contributed by atoms with Crippen molar-refractivity contribution < 1.29 is 18.0 Å². The highest BCUT2D eigenvalue weighted by molar-refractivity contribution is 5.75. The number of halogens is 3. The number of carbonyl (C=O) groups is 1. The number of hydrogen-bond donors (Lipinski definition) is 1. The summed E-state index contributed by atoms with van der Waals surface area (Å²) >= 11 is 0. The molecule has 1 aromatic carbocycles. The van der Waals surface area contributed by atoms with Crippen molar-refractivity contribution in [1.29, 1.82) is 0 Å². The van der Waals surface area contributed by atoms with Crippen LogP contribution in [0, 0.1) is 0 Å². The van der Waals surface area contributed by atoms with Crippen LogP contribution in [0.3, 0.4) is 0 Å². The second kappa shape index (κ2) is 8.12. The molecular weight excluding hydrogens is 373 g/mol.